The first kappa shape index (κ1) is 20.8. The number of hydrogen-bond donors (Lipinski definition) is 1. The number of imidazole rings is 1. The molecule has 0 atom stereocenters. The van der Waals surface area contributed by atoms with Gasteiger partial charge in [-0.15, -0.1) is 0 Å². The number of unbranched alkanes of at least 4 members (excludes halogenated alkanes) is 1. The van der Waals surface area contributed by atoms with Crippen molar-refractivity contribution in [2.24, 2.45) is 14.1 Å². The van der Waals surface area contributed by atoms with E-state index in [2.05, 4.69) is 5.32 Å². The number of rotatable bonds is 6. The zero-order chi connectivity index (χ0) is 21.3. The van der Waals surface area contributed by atoms with Crippen molar-refractivity contribution in [3.8, 4) is 0 Å². The molecule has 0 spiro atoms. The smallest absolute Gasteiger partial charge is 0.321 e. The van der Waals surface area contributed by atoms with E-state index in [9.17, 15) is 22.4 Å². The van der Waals surface area contributed by atoms with Crippen LogP contribution in [0.3, 0.4) is 0 Å². The van der Waals surface area contributed by atoms with E-state index in [0.29, 0.717) is 23.9 Å². The third kappa shape index (κ3) is 3.95. The lowest BCUT2D eigenvalue weighted by Gasteiger charge is -2.13. The molecule has 0 fully saturated rings. The van der Waals surface area contributed by atoms with Crippen molar-refractivity contribution in [1.82, 2.24) is 9.13 Å². The minimum atomic E-state index is -3.70. The summed E-state index contributed by atoms with van der Waals surface area (Å²) in [5, 5.41) is 2.61. The summed E-state index contributed by atoms with van der Waals surface area (Å²) in [7, 11) is -0.568. The molecule has 3 rings (SSSR count). The molecule has 1 aromatic heterocycles. The van der Waals surface area contributed by atoms with E-state index in [0.717, 1.165) is 12.1 Å². The SMILES string of the molecule is CCCCS(=O)(=O)c1cc2c(cc1NC(=O)c1ccc(F)cc1)n(C)c(=O)n2C. The summed E-state index contributed by atoms with van der Waals surface area (Å²) in [6.07, 6.45) is 1.17. The Morgan fingerprint density at radius 3 is 2.24 bits per heavy atom. The monoisotopic (exact) mass is 419 g/mol. The highest BCUT2D eigenvalue weighted by Crippen LogP contribution is 2.29. The second kappa shape index (κ2) is 7.82. The summed E-state index contributed by atoms with van der Waals surface area (Å²) in [6.45, 7) is 1.89. The van der Waals surface area contributed by atoms with Crippen molar-refractivity contribution in [2.75, 3.05) is 11.1 Å². The molecular weight excluding hydrogens is 397 g/mol. The van der Waals surface area contributed by atoms with E-state index in [1.807, 2.05) is 6.92 Å². The number of aryl methyl sites for hydroxylation is 2. The molecule has 0 saturated carbocycles. The summed E-state index contributed by atoms with van der Waals surface area (Å²) >= 11 is 0. The number of sulfone groups is 1. The molecule has 2 aromatic carbocycles. The normalized spacial score (nSPS) is 11.7. The highest BCUT2D eigenvalue weighted by atomic mass is 32.2. The van der Waals surface area contributed by atoms with E-state index < -0.39 is 21.6 Å². The minimum absolute atomic E-state index is 0.0462. The van der Waals surface area contributed by atoms with E-state index in [1.165, 1.54) is 33.4 Å². The number of fused-ring (bicyclic) bond motifs is 1. The van der Waals surface area contributed by atoms with Crippen LogP contribution in [-0.2, 0) is 23.9 Å². The van der Waals surface area contributed by atoms with Gasteiger partial charge in [-0.3, -0.25) is 13.9 Å². The predicted molar refractivity (Wildman–Crippen MR) is 109 cm³/mol. The Morgan fingerprint density at radius 1 is 1.07 bits per heavy atom. The maximum absolute atomic E-state index is 13.1. The van der Waals surface area contributed by atoms with Gasteiger partial charge in [0.2, 0.25) is 0 Å². The fraction of sp³-hybridized carbons (Fsp3) is 0.300. The van der Waals surface area contributed by atoms with Gasteiger partial charge in [0.25, 0.3) is 5.91 Å². The van der Waals surface area contributed by atoms with E-state index in [-0.39, 0.29) is 27.6 Å². The molecule has 154 valence electrons. The molecule has 7 nitrogen and oxygen atoms in total. The summed E-state index contributed by atoms with van der Waals surface area (Å²) in [6, 6.07) is 7.83. The lowest BCUT2D eigenvalue weighted by molar-refractivity contribution is 0.102. The molecule has 1 amide bonds. The van der Waals surface area contributed by atoms with Crippen LogP contribution in [0.25, 0.3) is 11.0 Å². The molecule has 0 radical (unpaired) electrons. The molecule has 0 aliphatic heterocycles. The standard InChI is InChI=1S/C20H22FN3O4S/c1-4-5-10-29(27,28)18-12-17-16(23(2)20(26)24(17)3)11-15(18)22-19(25)13-6-8-14(21)9-7-13/h6-9,11-12H,4-5,10H2,1-3H3,(H,22,25). The molecule has 0 bridgehead atoms. The Bertz CT molecular complexity index is 1240. The largest absolute Gasteiger partial charge is 0.328 e. The Kier molecular flexibility index (Phi) is 5.61. The lowest BCUT2D eigenvalue weighted by Crippen LogP contribution is -2.19. The number of benzene rings is 2. The molecule has 1 heterocycles. The number of halogens is 1. The number of nitrogens with zero attached hydrogens (tertiary/aromatic N) is 2. The summed E-state index contributed by atoms with van der Waals surface area (Å²) in [4.78, 5) is 24.8. The average Bonchev–Trinajstić information content (AvgIpc) is 2.90. The van der Waals surface area contributed by atoms with Crippen molar-refractivity contribution in [3.63, 3.8) is 0 Å². The average molecular weight is 419 g/mol. The number of hydrogen-bond acceptors (Lipinski definition) is 4. The van der Waals surface area contributed by atoms with Crippen molar-refractivity contribution in [2.45, 2.75) is 24.7 Å². The van der Waals surface area contributed by atoms with Crippen molar-refractivity contribution >= 4 is 32.5 Å². The molecule has 3 aromatic rings. The first-order valence-electron chi connectivity index (χ1n) is 9.15. The van der Waals surface area contributed by atoms with E-state index in [1.54, 1.807) is 14.1 Å². The van der Waals surface area contributed by atoms with Crippen LogP contribution in [0.1, 0.15) is 30.1 Å². The molecule has 0 unspecified atom stereocenters. The van der Waals surface area contributed by atoms with Gasteiger partial charge in [-0.1, -0.05) is 13.3 Å². The number of amides is 1. The molecule has 0 aliphatic rings. The van der Waals surface area contributed by atoms with E-state index >= 15 is 0 Å². The molecule has 1 N–H and O–H groups in total. The van der Waals surface area contributed by atoms with Gasteiger partial charge in [-0.25, -0.2) is 17.6 Å². The molecular formula is C20H22FN3O4S. The van der Waals surface area contributed by atoms with Gasteiger partial charge < -0.3 is 5.32 Å². The number of anilines is 1. The van der Waals surface area contributed by atoms with Gasteiger partial charge in [0.05, 0.1) is 27.4 Å². The van der Waals surface area contributed by atoms with Crippen LogP contribution in [0.5, 0.6) is 0 Å². The van der Waals surface area contributed by atoms with Crippen molar-refractivity contribution in [1.29, 1.82) is 0 Å². The third-order valence-electron chi connectivity index (χ3n) is 4.83. The Morgan fingerprint density at radius 2 is 1.66 bits per heavy atom. The third-order valence-corrected chi connectivity index (χ3v) is 6.66. The topological polar surface area (TPSA) is 90.2 Å². The molecule has 0 saturated heterocycles. The van der Waals surface area contributed by atoms with Gasteiger partial charge in [0, 0.05) is 19.7 Å². The van der Waals surface area contributed by atoms with Crippen LogP contribution in [0, 0.1) is 5.82 Å². The Labute approximate surface area is 167 Å². The van der Waals surface area contributed by atoms with Crippen LogP contribution in [-0.4, -0.2) is 29.2 Å². The van der Waals surface area contributed by atoms with Crippen LogP contribution in [0.4, 0.5) is 10.1 Å². The van der Waals surface area contributed by atoms with E-state index in [4.69, 9.17) is 0 Å². The summed E-state index contributed by atoms with van der Waals surface area (Å²) in [5.74, 6) is -1.13. The summed E-state index contributed by atoms with van der Waals surface area (Å²) in [5.41, 5.74) is 0.905. The first-order chi connectivity index (χ1) is 13.7. The predicted octanol–water partition coefficient (Wildman–Crippen LogP) is 2.84. The minimum Gasteiger partial charge on any atom is -0.321 e. The van der Waals surface area contributed by atoms with Gasteiger partial charge in [-0.2, -0.15) is 0 Å². The second-order valence-electron chi connectivity index (χ2n) is 6.87. The van der Waals surface area contributed by atoms with Crippen LogP contribution < -0.4 is 11.0 Å². The lowest BCUT2D eigenvalue weighted by atomic mass is 10.2. The number of aromatic nitrogens is 2. The summed E-state index contributed by atoms with van der Waals surface area (Å²) < 4.78 is 41.7. The van der Waals surface area contributed by atoms with Crippen molar-refractivity contribution in [3.05, 3.63) is 58.3 Å². The van der Waals surface area contributed by atoms with Gasteiger partial charge in [0.1, 0.15) is 5.82 Å². The highest BCUT2D eigenvalue weighted by Gasteiger charge is 2.23. The highest BCUT2D eigenvalue weighted by molar-refractivity contribution is 7.91. The molecule has 0 aliphatic carbocycles. The van der Waals surface area contributed by atoms with Crippen LogP contribution >= 0.6 is 0 Å². The second-order valence-corrected chi connectivity index (χ2v) is 8.95. The van der Waals surface area contributed by atoms with Crippen LogP contribution in [0.2, 0.25) is 0 Å². The van der Waals surface area contributed by atoms with Crippen molar-refractivity contribution < 1.29 is 17.6 Å². The van der Waals surface area contributed by atoms with Gasteiger partial charge >= 0.3 is 5.69 Å². The zero-order valence-corrected chi connectivity index (χ0v) is 17.2. The maximum Gasteiger partial charge on any atom is 0.328 e. The number of carbonyl (C=O) groups is 1. The number of nitrogens with one attached hydrogen (secondary N) is 1. The fourth-order valence-corrected chi connectivity index (χ4v) is 4.75. The Balaban J connectivity index is 2.16. The number of carbonyl (C=O) groups excluding carboxylic acids is 1. The molecule has 9 heteroatoms. The quantitative estimate of drug-likeness (QED) is 0.665. The van der Waals surface area contributed by atoms with Crippen LogP contribution in [0.15, 0.2) is 46.1 Å². The van der Waals surface area contributed by atoms with Gasteiger partial charge in [0.15, 0.2) is 9.84 Å². The molecule has 29 heavy (non-hydrogen) atoms. The Hall–Kier alpha value is -2.94. The maximum atomic E-state index is 13.1. The van der Waals surface area contributed by atoms with Gasteiger partial charge in [-0.05, 0) is 42.8 Å². The zero-order valence-electron chi connectivity index (χ0n) is 16.4. The fourth-order valence-electron chi connectivity index (χ4n) is 3.12. The first-order valence-corrected chi connectivity index (χ1v) is 10.8.